The second-order valence-corrected chi connectivity index (χ2v) is 3.91. The number of ether oxygens (including phenoxy) is 2. The summed E-state index contributed by atoms with van der Waals surface area (Å²) in [6.45, 7) is 3.41. The highest BCUT2D eigenvalue weighted by molar-refractivity contribution is 5.74. The van der Waals surface area contributed by atoms with E-state index in [1.165, 1.54) is 14.2 Å². The molecular weight excluding hydrogens is 214 g/mol. The topological polar surface area (TPSA) is 81.8 Å². The molecule has 1 unspecified atom stereocenters. The van der Waals surface area contributed by atoms with Gasteiger partial charge in [-0.1, -0.05) is 0 Å². The lowest BCUT2D eigenvalue weighted by Gasteiger charge is -2.27. The van der Waals surface area contributed by atoms with Gasteiger partial charge in [-0.2, -0.15) is 0 Å². The van der Waals surface area contributed by atoms with E-state index in [0.29, 0.717) is 11.6 Å². The first-order chi connectivity index (χ1) is 7.43. The second kappa shape index (κ2) is 4.52. The molecule has 1 aromatic heterocycles. The number of carboxylic acids is 1. The Balaban J connectivity index is 3.03. The first-order valence-corrected chi connectivity index (χ1v) is 4.70. The van der Waals surface area contributed by atoms with Gasteiger partial charge in [0, 0.05) is 13.2 Å². The van der Waals surface area contributed by atoms with Crippen molar-refractivity contribution in [3.8, 4) is 5.88 Å². The molecule has 0 aliphatic heterocycles. The molecular formula is C10H15NO5. The highest BCUT2D eigenvalue weighted by Gasteiger charge is 2.40. The third-order valence-electron chi connectivity index (χ3n) is 2.45. The number of carboxylic acid groups (broad SMARTS) is 1. The summed E-state index contributed by atoms with van der Waals surface area (Å²) in [4.78, 5) is 11.0. The van der Waals surface area contributed by atoms with Crippen molar-refractivity contribution in [3.63, 3.8) is 0 Å². The largest absolute Gasteiger partial charge is 0.479 e. The van der Waals surface area contributed by atoms with Gasteiger partial charge in [0.15, 0.2) is 6.10 Å². The van der Waals surface area contributed by atoms with E-state index in [0.717, 1.165) is 0 Å². The molecule has 0 aliphatic rings. The number of methoxy groups -OCH3 is 2. The number of rotatable bonds is 5. The van der Waals surface area contributed by atoms with E-state index in [2.05, 4.69) is 5.16 Å². The lowest BCUT2D eigenvalue weighted by Crippen LogP contribution is -2.41. The maximum absolute atomic E-state index is 11.0. The molecule has 0 amide bonds. The summed E-state index contributed by atoms with van der Waals surface area (Å²) in [5.74, 6) is -0.343. The Kier molecular flexibility index (Phi) is 3.54. The monoisotopic (exact) mass is 229 g/mol. The van der Waals surface area contributed by atoms with E-state index >= 15 is 0 Å². The van der Waals surface area contributed by atoms with E-state index in [9.17, 15) is 4.79 Å². The minimum Gasteiger partial charge on any atom is -0.479 e. The molecule has 0 aromatic carbocycles. The number of nitrogens with zero attached hydrogens (tertiary/aromatic N) is 1. The highest BCUT2D eigenvalue weighted by Crippen LogP contribution is 2.31. The van der Waals surface area contributed by atoms with Gasteiger partial charge < -0.3 is 19.1 Å². The van der Waals surface area contributed by atoms with Crippen LogP contribution < -0.4 is 4.74 Å². The maximum atomic E-state index is 11.0. The molecule has 1 N–H and O–H groups in total. The Morgan fingerprint density at radius 1 is 1.56 bits per heavy atom. The molecule has 0 aliphatic carbocycles. The SMILES string of the molecule is COc1cc(C(C)(C)C(OC)C(=O)O)on1. The van der Waals surface area contributed by atoms with Crippen molar-refractivity contribution in [1.29, 1.82) is 0 Å². The zero-order valence-corrected chi connectivity index (χ0v) is 9.68. The van der Waals surface area contributed by atoms with Gasteiger partial charge in [-0.05, 0) is 19.0 Å². The van der Waals surface area contributed by atoms with Crippen LogP contribution in [0, 0.1) is 0 Å². The predicted molar refractivity (Wildman–Crippen MR) is 54.5 cm³/mol. The summed E-state index contributed by atoms with van der Waals surface area (Å²) >= 11 is 0. The molecule has 1 atom stereocenters. The minimum atomic E-state index is -1.05. The summed E-state index contributed by atoms with van der Waals surface area (Å²) in [5.41, 5.74) is -0.829. The molecule has 0 spiro atoms. The predicted octanol–water partition coefficient (Wildman–Crippen LogP) is 1.06. The van der Waals surface area contributed by atoms with Crippen molar-refractivity contribution in [2.24, 2.45) is 0 Å². The van der Waals surface area contributed by atoms with Crippen LogP contribution in [0.3, 0.4) is 0 Å². The zero-order chi connectivity index (χ0) is 12.3. The minimum absolute atomic E-state index is 0.309. The van der Waals surface area contributed by atoms with Gasteiger partial charge in [0.2, 0.25) is 0 Å². The Morgan fingerprint density at radius 3 is 2.56 bits per heavy atom. The van der Waals surface area contributed by atoms with Crippen molar-refractivity contribution in [2.75, 3.05) is 14.2 Å². The average Bonchev–Trinajstić information content (AvgIpc) is 2.66. The fraction of sp³-hybridized carbons (Fsp3) is 0.600. The highest BCUT2D eigenvalue weighted by atomic mass is 16.5. The molecule has 16 heavy (non-hydrogen) atoms. The number of hydrogen-bond acceptors (Lipinski definition) is 5. The Hall–Kier alpha value is -1.56. The lowest BCUT2D eigenvalue weighted by atomic mass is 9.83. The Bertz CT molecular complexity index is 371. The van der Waals surface area contributed by atoms with Crippen LogP contribution >= 0.6 is 0 Å². The molecule has 1 aromatic rings. The number of aliphatic carboxylic acids is 1. The molecule has 6 nitrogen and oxygen atoms in total. The number of carbonyl (C=O) groups is 1. The van der Waals surface area contributed by atoms with Gasteiger partial charge in [0.05, 0.1) is 12.5 Å². The Morgan fingerprint density at radius 2 is 2.19 bits per heavy atom. The van der Waals surface area contributed by atoms with Crippen LogP contribution in [0.5, 0.6) is 5.88 Å². The van der Waals surface area contributed by atoms with Crippen molar-refractivity contribution < 1.29 is 23.9 Å². The summed E-state index contributed by atoms with van der Waals surface area (Å²) in [5, 5.41) is 12.6. The standard InChI is InChI=1S/C10H15NO5/c1-10(2,8(15-4)9(12)13)6-5-7(14-3)11-16-6/h5,8H,1-4H3,(H,12,13). The summed E-state index contributed by atoms with van der Waals surface area (Å²) < 4.78 is 14.9. The van der Waals surface area contributed by atoms with E-state index in [1.807, 2.05) is 0 Å². The van der Waals surface area contributed by atoms with Gasteiger partial charge in [-0.25, -0.2) is 4.79 Å². The third-order valence-corrected chi connectivity index (χ3v) is 2.45. The van der Waals surface area contributed by atoms with Crippen molar-refractivity contribution in [1.82, 2.24) is 5.16 Å². The molecule has 0 radical (unpaired) electrons. The van der Waals surface area contributed by atoms with Crippen molar-refractivity contribution >= 4 is 5.97 Å². The normalized spacial score (nSPS) is 13.5. The number of hydrogen-bond donors (Lipinski definition) is 1. The van der Waals surface area contributed by atoms with Crippen LogP contribution in [0.4, 0.5) is 0 Å². The summed E-state index contributed by atoms with van der Waals surface area (Å²) in [6, 6.07) is 1.55. The number of aromatic nitrogens is 1. The van der Waals surface area contributed by atoms with E-state index < -0.39 is 17.5 Å². The van der Waals surface area contributed by atoms with Gasteiger partial charge in [0.1, 0.15) is 5.76 Å². The van der Waals surface area contributed by atoms with E-state index in [4.69, 9.17) is 19.1 Å². The first kappa shape index (κ1) is 12.5. The van der Waals surface area contributed by atoms with Crippen LogP contribution in [0.25, 0.3) is 0 Å². The van der Waals surface area contributed by atoms with Crippen LogP contribution in [0.15, 0.2) is 10.6 Å². The quantitative estimate of drug-likeness (QED) is 0.813. The molecule has 0 fully saturated rings. The molecule has 6 heteroatoms. The zero-order valence-electron chi connectivity index (χ0n) is 9.68. The van der Waals surface area contributed by atoms with Gasteiger partial charge in [-0.3, -0.25) is 0 Å². The van der Waals surface area contributed by atoms with Crippen LogP contribution in [0.1, 0.15) is 19.6 Å². The van der Waals surface area contributed by atoms with Gasteiger partial charge in [0.25, 0.3) is 5.88 Å². The fourth-order valence-corrected chi connectivity index (χ4v) is 1.49. The van der Waals surface area contributed by atoms with E-state index in [-0.39, 0.29) is 0 Å². The third kappa shape index (κ3) is 2.16. The molecule has 0 saturated carbocycles. The maximum Gasteiger partial charge on any atom is 0.333 e. The smallest absolute Gasteiger partial charge is 0.333 e. The summed E-state index contributed by atoms with van der Waals surface area (Å²) in [6.07, 6.45) is -1.01. The van der Waals surface area contributed by atoms with Crippen LogP contribution in [-0.2, 0) is 14.9 Å². The fourth-order valence-electron chi connectivity index (χ4n) is 1.49. The molecule has 90 valence electrons. The molecule has 1 rings (SSSR count). The molecule has 0 bridgehead atoms. The van der Waals surface area contributed by atoms with Crippen LogP contribution in [-0.4, -0.2) is 36.6 Å². The molecule has 0 saturated heterocycles. The Labute approximate surface area is 93.1 Å². The molecule has 1 heterocycles. The van der Waals surface area contributed by atoms with Gasteiger partial charge >= 0.3 is 5.97 Å². The van der Waals surface area contributed by atoms with E-state index in [1.54, 1.807) is 19.9 Å². The first-order valence-electron chi connectivity index (χ1n) is 4.70. The van der Waals surface area contributed by atoms with Crippen LogP contribution in [0.2, 0.25) is 0 Å². The average molecular weight is 229 g/mol. The summed E-state index contributed by atoms with van der Waals surface area (Å²) in [7, 11) is 2.80. The van der Waals surface area contributed by atoms with Crippen molar-refractivity contribution in [2.45, 2.75) is 25.4 Å². The van der Waals surface area contributed by atoms with Crippen molar-refractivity contribution in [3.05, 3.63) is 11.8 Å². The second-order valence-electron chi connectivity index (χ2n) is 3.91. The van der Waals surface area contributed by atoms with Gasteiger partial charge in [-0.15, -0.1) is 0 Å². The lowest BCUT2D eigenvalue weighted by molar-refractivity contribution is -0.153.